The molecule has 0 aliphatic carbocycles. The summed E-state index contributed by atoms with van der Waals surface area (Å²) in [5, 5.41) is 8.83. The zero-order chi connectivity index (χ0) is 31.8. The number of amides is 4. The van der Waals surface area contributed by atoms with E-state index >= 15 is 0 Å². The van der Waals surface area contributed by atoms with Crippen molar-refractivity contribution in [2.75, 3.05) is 6.54 Å². The Kier molecular flexibility index (Phi) is 11.3. The molecule has 4 amide bonds. The van der Waals surface area contributed by atoms with Gasteiger partial charge in [-0.1, -0.05) is 52.2 Å². The van der Waals surface area contributed by atoms with Crippen molar-refractivity contribution in [2.24, 2.45) is 5.92 Å². The Labute approximate surface area is 257 Å². The van der Waals surface area contributed by atoms with Gasteiger partial charge in [0.15, 0.2) is 5.43 Å². The highest BCUT2D eigenvalue weighted by Crippen LogP contribution is 2.23. The van der Waals surface area contributed by atoms with Crippen LogP contribution in [0, 0.1) is 5.92 Å². The Morgan fingerprint density at radius 2 is 1.70 bits per heavy atom. The lowest BCUT2D eigenvalue weighted by Crippen LogP contribution is -2.62. The number of piperidine rings is 1. The van der Waals surface area contributed by atoms with E-state index in [0.29, 0.717) is 62.4 Å². The maximum atomic E-state index is 14.0. The quantitative estimate of drug-likeness (QED) is 0.304. The fraction of sp³-hybridized carbons (Fsp3) is 0.576. The molecule has 2 aliphatic heterocycles. The molecule has 0 radical (unpaired) electrons. The van der Waals surface area contributed by atoms with Crippen molar-refractivity contribution in [1.82, 2.24) is 25.8 Å². The summed E-state index contributed by atoms with van der Waals surface area (Å²) in [5.41, 5.74) is 0.188. The van der Waals surface area contributed by atoms with E-state index in [2.05, 4.69) is 20.9 Å². The monoisotopic (exact) mass is 607 g/mol. The summed E-state index contributed by atoms with van der Waals surface area (Å²) in [4.78, 5) is 85.4. The van der Waals surface area contributed by atoms with Crippen molar-refractivity contribution in [3.8, 4) is 0 Å². The number of pyridine rings is 1. The average molecular weight is 608 g/mol. The Bertz CT molecular complexity index is 1440. The van der Waals surface area contributed by atoms with Crippen molar-refractivity contribution in [1.29, 1.82) is 0 Å². The van der Waals surface area contributed by atoms with Gasteiger partial charge in [-0.25, -0.2) is 0 Å². The van der Waals surface area contributed by atoms with Crippen molar-refractivity contribution in [2.45, 2.75) is 109 Å². The number of carbonyl (C=O) groups excluding carboxylic acids is 5. The van der Waals surface area contributed by atoms with Gasteiger partial charge in [-0.05, 0) is 50.2 Å². The number of ketones is 1. The number of nitrogens with one attached hydrogen (secondary N) is 4. The Morgan fingerprint density at radius 3 is 2.45 bits per heavy atom. The Hall–Kier alpha value is -4.02. The molecular formula is C33H45N5O6. The molecule has 44 heavy (non-hydrogen) atoms. The van der Waals surface area contributed by atoms with Crippen molar-refractivity contribution in [3.63, 3.8) is 0 Å². The number of aromatic amines is 1. The fourth-order valence-electron chi connectivity index (χ4n) is 6.05. The molecule has 2 aromatic rings. The number of hydrogen-bond donors (Lipinski definition) is 4. The van der Waals surface area contributed by atoms with Gasteiger partial charge in [0.2, 0.25) is 23.6 Å². The molecule has 1 aromatic carbocycles. The van der Waals surface area contributed by atoms with Gasteiger partial charge in [0.25, 0.3) is 0 Å². The number of Topliss-reactive ketones (excluding diaryl/α,β-unsaturated/α-hetero) is 1. The first-order chi connectivity index (χ1) is 21.2. The van der Waals surface area contributed by atoms with Crippen molar-refractivity contribution < 1.29 is 24.0 Å². The maximum Gasteiger partial charge on any atom is 0.248 e. The van der Waals surface area contributed by atoms with Crippen LogP contribution in [0.5, 0.6) is 0 Å². The van der Waals surface area contributed by atoms with Gasteiger partial charge in [0, 0.05) is 42.0 Å². The minimum absolute atomic E-state index is 0.0287. The normalized spacial score (nSPS) is 23.9. The van der Waals surface area contributed by atoms with Gasteiger partial charge in [0.1, 0.15) is 30.0 Å². The van der Waals surface area contributed by atoms with Crippen LogP contribution >= 0.6 is 0 Å². The van der Waals surface area contributed by atoms with Crippen LogP contribution in [0.25, 0.3) is 10.9 Å². The summed E-state index contributed by atoms with van der Waals surface area (Å²) >= 11 is 0. The first-order valence-electron chi connectivity index (χ1n) is 16.0. The molecular weight excluding hydrogens is 562 g/mol. The van der Waals surface area contributed by atoms with Crippen LogP contribution in [0.4, 0.5) is 0 Å². The number of hydrogen-bond acceptors (Lipinski definition) is 6. The van der Waals surface area contributed by atoms with Crippen LogP contribution < -0.4 is 21.4 Å². The van der Waals surface area contributed by atoms with Gasteiger partial charge in [-0.2, -0.15) is 0 Å². The molecule has 238 valence electrons. The van der Waals surface area contributed by atoms with Crippen LogP contribution in [0.3, 0.4) is 0 Å². The molecule has 2 aliphatic rings. The Morgan fingerprint density at radius 1 is 0.932 bits per heavy atom. The van der Waals surface area contributed by atoms with E-state index in [1.54, 1.807) is 29.2 Å². The standard InChI is InChI=1S/C33H45N5O6/c1-4-20(3)27-33(44)38-18-12-11-17-26(38)31(42)35-25(16-8-6-7-13-21(39)5-2)30(41)37-28(32(43)36-27)23-19-34-24-15-10-9-14-22(24)29(23)40/h9-10,14-15,19-20,25-28H,4-8,11-13,16-18H2,1-3H3,(H,34,40)(H,35,42)(H,36,43)(H,37,41)/t20-,25-,26+,27-,28-/m0/s1. The second-order valence-corrected chi connectivity index (χ2v) is 12.0. The molecule has 2 fully saturated rings. The number of para-hydroxylation sites is 1. The number of H-pyrrole nitrogens is 1. The molecule has 0 saturated carbocycles. The van der Waals surface area contributed by atoms with Gasteiger partial charge in [-0.15, -0.1) is 0 Å². The van der Waals surface area contributed by atoms with Crippen LogP contribution in [0.1, 0.15) is 96.6 Å². The first kappa shape index (κ1) is 32.9. The lowest BCUT2D eigenvalue weighted by molar-refractivity contribution is -0.147. The lowest BCUT2D eigenvalue weighted by Gasteiger charge is -2.39. The highest BCUT2D eigenvalue weighted by Gasteiger charge is 2.41. The molecule has 4 N–H and O–H groups in total. The third-order valence-electron chi connectivity index (χ3n) is 9.02. The molecule has 11 nitrogen and oxygen atoms in total. The summed E-state index contributed by atoms with van der Waals surface area (Å²) in [6, 6.07) is 2.78. The van der Waals surface area contributed by atoms with Crippen molar-refractivity contribution in [3.05, 3.63) is 46.2 Å². The van der Waals surface area contributed by atoms with Crippen LogP contribution in [-0.2, 0) is 24.0 Å². The zero-order valence-electron chi connectivity index (χ0n) is 25.9. The SMILES string of the molecule is CCC(=O)CCCCC[C@@H]1NC(=O)[C@H]2CCCCN2C(=O)[C@H]([C@@H](C)CC)NC(=O)[C@H](c2c[nH]c3ccccc3c2=O)NC1=O. The molecule has 0 bridgehead atoms. The smallest absolute Gasteiger partial charge is 0.248 e. The summed E-state index contributed by atoms with van der Waals surface area (Å²) in [6.45, 7) is 5.96. The molecule has 3 heterocycles. The van der Waals surface area contributed by atoms with Gasteiger partial charge in [0.05, 0.1) is 0 Å². The maximum absolute atomic E-state index is 14.0. The Balaban J connectivity index is 1.71. The minimum atomic E-state index is -1.41. The molecule has 1 aromatic heterocycles. The molecule has 2 saturated heterocycles. The molecule has 5 atom stereocenters. The third-order valence-corrected chi connectivity index (χ3v) is 9.02. The van der Waals surface area contributed by atoms with Crippen LogP contribution in [0.15, 0.2) is 35.3 Å². The summed E-state index contributed by atoms with van der Waals surface area (Å²) in [5.74, 6) is -2.11. The summed E-state index contributed by atoms with van der Waals surface area (Å²) in [7, 11) is 0. The number of rotatable bonds is 10. The number of carbonyl (C=O) groups is 5. The first-order valence-corrected chi connectivity index (χ1v) is 16.0. The van der Waals surface area contributed by atoms with E-state index in [1.165, 1.54) is 6.20 Å². The molecule has 0 unspecified atom stereocenters. The van der Waals surface area contributed by atoms with Gasteiger partial charge >= 0.3 is 0 Å². The second kappa shape index (κ2) is 15.1. The lowest BCUT2D eigenvalue weighted by atomic mass is 9.93. The van der Waals surface area contributed by atoms with Crippen LogP contribution in [0.2, 0.25) is 0 Å². The highest BCUT2D eigenvalue weighted by molar-refractivity contribution is 5.98. The van der Waals surface area contributed by atoms with E-state index in [1.807, 2.05) is 20.8 Å². The zero-order valence-corrected chi connectivity index (χ0v) is 25.9. The predicted molar refractivity (Wildman–Crippen MR) is 167 cm³/mol. The number of aromatic nitrogens is 1. The van der Waals surface area contributed by atoms with E-state index in [-0.39, 0.29) is 29.6 Å². The number of fused-ring (bicyclic) bond motifs is 2. The largest absolute Gasteiger partial charge is 0.361 e. The van der Waals surface area contributed by atoms with E-state index in [0.717, 1.165) is 12.8 Å². The molecule has 11 heteroatoms. The summed E-state index contributed by atoms with van der Waals surface area (Å²) in [6.07, 6.45) is 7.09. The predicted octanol–water partition coefficient (Wildman–Crippen LogP) is 3.03. The number of benzene rings is 1. The highest BCUT2D eigenvalue weighted by atomic mass is 16.2. The van der Waals surface area contributed by atoms with Gasteiger partial charge < -0.3 is 25.8 Å². The molecule has 4 rings (SSSR count). The topological polar surface area (TPSA) is 158 Å². The molecule has 0 spiro atoms. The van der Waals surface area contributed by atoms with Crippen molar-refractivity contribution >= 4 is 40.3 Å². The second-order valence-electron chi connectivity index (χ2n) is 12.0. The van der Waals surface area contributed by atoms with E-state index < -0.39 is 47.3 Å². The number of nitrogens with zero attached hydrogens (tertiary/aromatic N) is 1. The summed E-state index contributed by atoms with van der Waals surface area (Å²) < 4.78 is 0. The fourth-order valence-corrected chi connectivity index (χ4v) is 6.05. The van der Waals surface area contributed by atoms with E-state index in [4.69, 9.17) is 0 Å². The van der Waals surface area contributed by atoms with Crippen LogP contribution in [-0.4, -0.2) is 64.0 Å². The van der Waals surface area contributed by atoms with E-state index in [9.17, 15) is 28.8 Å². The average Bonchev–Trinajstić information content (AvgIpc) is 3.04. The van der Waals surface area contributed by atoms with Gasteiger partial charge in [-0.3, -0.25) is 28.8 Å². The minimum Gasteiger partial charge on any atom is -0.361 e. The third kappa shape index (κ3) is 7.54. The number of unbranched alkanes of at least 4 members (excludes halogenated alkanes) is 2.